The number of nitrogens with zero attached hydrogens (tertiary/aromatic N) is 1. The summed E-state index contributed by atoms with van der Waals surface area (Å²) < 4.78 is 10.3. The number of aliphatic carboxylic acids is 1. The third kappa shape index (κ3) is 7.68. The number of carbonyl (C=O) groups excluding carboxylic acids is 1. The summed E-state index contributed by atoms with van der Waals surface area (Å²) in [5, 5.41) is 20.3. The number of carbonyl (C=O) groups is 2. The van der Waals surface area contributed by atoms with Crippen LogP contribution in [-0.4, -0.2) is 35.6 Å². The summed E-state index contributed by atoms with van der Waals surface area (Å²) in [4.78, 5) is 24.1. The van der Waals surface area contributed by atoms with Gasteiger partial charge in [0, 0.05) is 12.2 Å². The van der Waals surface area contributed by atoms with Gasteiger partial charge in [0.2, 0.25) is 0 Å². The molecule has 0 aliphatic carbocycles. The number of ether oxygens (including phenoxy) is 2. The number of benzene rings is 2. The summed E-state index contributed by atoms with van der Waals surface area (Å²) in [5.41, 5.74) is 1.75. The van der Waals surface area contributed by atoms with Crippen molar-refractivity contribution in [2.45, 2.75) is 36.5 Å². The standard InChI is InChI=1S/C22H24N2O5S/c1-28-18-11-9-17(10-12-18)15-30-20(21(25)26)19(8-5-13-23)24-22(27)29-14-16-6-3-2-4-7-16/h2-4,6-7,9-12,19-20H,5,8,14-15H2,1H3,(H,24,27)(H,25,26)/t19-,20-/m1/s1. The first-order valence-electron chi connectivity index (χ1n) is 9.35. The first-order valence-corrected chi connectivity index (χ1v) is 10.4. The Kier molecular flexibility index (Phi) is 9.55. The van der Waals surface area contributed by atoms with Gasteiger partial charge in [0.1, 0.15) is 17.6 Å². The molecule has 2 aromatic carbocycles. The van der Waals surface area contributed by atoms with E-state index in [1.807, 2.05) is 48.5 Å². The van der Waals surface area contributed by atoms with Gasteiger partial charge in [-0.2, -0.15) is 5.26 Å². The van der Waals surface area contributed by atoms with Crippen LogP contribution in [0.5, 0.6) is 5.75 Å². The van der Waals surface area contributed by atoms with Crippen molar-refractivity contribution in [3.05, 3.63) is 65.7 Å². The van der Waals surface area contributed by atoms with Crippen LogP contribution in [0.2, 0.25) is 0 Å². The van der Waals surface area contributed by atoms with Gasteiger partial charge in [-0.1, -0.05) is 42.5 Å². The Labute approximate surface area is 180 Å². The van der Waals surface area contributed by atoms with Crippen molar-refractivity contribution in [1.82, 2.24) is 5.32 Å². The lowest BCUT2D eigenvalue weighted by atomic mass is 10.1. The lowest BCUT2D eigenvalue weighted by Crippen LogP contribution is -2.45. The average molecular weight is 429 g/mol. The topological polar surface area (TPSA) is 109 Å². The van der Waals surface area contributed by atoms with Crippen LogP contribution >= 0.6 is 11.8 Å². The number of carboxylic acid groups (broad SMARTS) is 1. The van der Waals surface area contributed by atoms with E-state index in [4.69, 9.17) is 14.7 Å². The van der Waals surface area contributed by atoms with Gasteiger partial charge >= 0.3 is 12.1 Å². The van der Waals surface area contributed by atoms with Gasteiger partial charge in [-0.3, -0.25) is 4.79 Å². The summed E-state index contributed by atoms with van der Waals surface area (Å²) in [7, 11) is 1.58. The number of nitriles is 1. The largest absolute Gasteiger partial charge is 0.497 e. The van der Waals surface area contributed by atoms with Crippen LogP contribution in [0.3, 0.4) is 0 Å². The van der Waals surface area contributed by atoms with Gasteiger partial charge in [-0.15, -0.1) is 11.8 Å². The maximum Gasteiger partial charge on any atom is 0.407 e. The van der Waals surface area contributed by atoms with Crippen molar-refractivity contribution in [1.29, 1.82) is 5.26 Å². The van der Waals surface area contributed by atoms with E-state index in [-0.39, 0.29) is 19.4 Å². The van der Waals surface area contributed by atoms with E-state index in [2.05, 4.69) is 5.32 Å². The Hall–Kier alpha value is -3.18. The van der Waals surface area contributed by atoms with Gasteiger partial charge in [-0.05, 0) is 29.7 Å². The quantitative estimate of drug-likeness (QED) is 0.557. The average Bonchev–Trinajstić information content (AvgIpc) is 2.76. The SMILES string of the molecule is COc1ccc(CS[C@@H](C(=O)O)[C@@H](CCC#N)NC(=O)OCc2ccccc2)cc1. The Morgan fingerprint density at radius 2 is 1.83 bits per heavy atom. The third-order valence-corrected chi connectivity index (χ3v) is 5.67. The molecule has 0 saturated carbocycles. The fourth-order valence-electron chi connectivity index (χ4n) is 2.70. The van der Waals surface area contributed by atoms with E-state index in [9.17, 15) is 14.7 Å². The van der Waals surface area contributed by atoms with Crippen molar-refractivity contribution in [2.75, 3.05) is 7.11 Å². The second-order valence-electron chi connectivity index (χ2n) is 6.43. The van der Waals surface area contributed by atoms with Crippen molar-refractivity contribution in [2.24, 2.45) is 0 Å². The molecule has 0 unspecified atom stereocenters. The predicted octanol–water partition coefficient (Wildman–Crippen LogP) is 3.98. The lowest BCUT2D eigenvalue weighted by Gasteiger charge is -2.24. The van der Waals surface area contributed by atoms with E-state index in [1.165, 1.54) is 11.8 Å². The molecule has 2 atom stereocenters. The molecule has 0 fully saturated rings. The molecule has 0 aliphatic heterocycles. The fourth-order valence-corrected chi connectivity index (χ4v) is 3.85. The minimum Gasteiger partial charge on any atom is -0.497 e. The first-order chi connectivity index (χ1) is 14.5. The van der Waals surface area contributed by atoms with Gasteiger partial charge in [0.15, 0.2) is 0 Å². The Morgan fingerprint density at radius 1 is 1.13 bits per heavy atom. The molecule has 30 heavy (non-hydrogen) atoms. The number of thioether (sulfide) groups is 1. The van der Waals surface area contributed by atoms with Crippen LogP contribution in [-0.2, 0) is 21.9 Å². The van der Waals surface area contributed by atoms with Crippen LogP contribution in [0, 0.1) is 11.3 Å². The molecular weight excluding hydrogens is 404 g/mol. The van der Waals surface area contributed by atoms with Gasteiger partial charge < -0.3 is 19.9 Å². The zero-order chi connectivity index (χ0) is 21.8. The van der Waals surface area contributed by atoms with Crippen molar-refractivity contribution in [3.8, 4) is 11.8 Å². The smallest absolute Gasteiger partial charge is 0.407 e. The zero-order valence-electron chi connectivity index (χ0n) is 16.6. The summed E-state index contributed by atoms with van der Waals surface area (Å²) in [6.45, 7) is 0.0778. The van der Waals surface area contributed by atoms with Crippen molar-refractivity contribution >= 4 is 23.8 Å². The Morgan fingerprint density at radius 3 is 2.43 bits per heavy atom. The van der Waals surface area contributed by atoms with Crippen LogP contribution < -0.4 is 10.1 Å². The molecule has 7 nitrogen and oxygen atoms in total. The van der Waals surface area contributed by atoms with E-state index in [0.717, 1.165) is 11.1 Å². The minimum absolute atomic E-state index is 0.0778. The number of alkyl carbamates (subject to hydrolysis) is 1. The number of nitrogens with one attached hydrogen (secondary N) is 1. The molecule has 1 amide bonds. The third-order valence-electron chi connectivity index (χ3n) is 4.28. The summed E-state index contributed by atoms with van der Waals surface area (Å²) in [6.07, 6.45) is -0.377. The van der Waals surface area contributed by atoms with E-state index >= 15 is 0 Å². The molecule has 0 aliphatic rings. The molecule has 8 heteroatoms. The summed E-state index contributed by atoms with van der Waals surface area (Å²) >= 11 is 1.19. The number of rotatable bonds is 11. The van der Waals surface area contributed by atoms with Gasteiger partial charge in [0.05, 0.1) is 19.2 Å². The second kappa shape index (κ2) is 12.4. The number of methoxy groups -OCH3 is 1. The molecule has 0 radical (unpaired) electrons. The summed E-state index contributed by atoms with van der Waals surface area (Å²) in [5.74, 6) is 0.0955. The highest BCUT2D eigenvalue weighted by Gasteiger charge is 2.30. The number of carboxylic acids is 1. The van der Waals surface area contributed by atoms with Crippen molar-refractivity contribution < 1.29 is 24.2 Å². The number of hydrogen-bond acceptors (Lipinski definition) is 6. The van der Waals surface area contributed by atoms with E-state index in [0.29, 0.717) is 11.5 Å². The maximum atomic E-state index is 12.2. The number of hydrogen-bond donors (Lipinski definition) is 2. The highest BCUT2D eigenvalue weighted by Crippen LogP contribution is 2.24. The number of amides is 1. The minimum atomic E-state index is -1.06. The molecule has 0 aromatic heterocycles. The molecule has 0 spiro atoms. The Balaban J connectivity index is 1.99. The van der Waals surface area contributed by atoms with Crippen molar-refractivity contribution in [3.63, 3.8) is 0 Å². The normalized spacial score (nSPS) is 12.3. The molecular formula is C22H24N2O5S. The van der Waals surface area contributed by atoms with Crippen LogP contribution in [0.25, 0.3) is 0 Å². The monoisotopic (exact) mass is 428 g/mol. The first kappa shape index (κ1) is 23.1. The van der Waals surface area contributed by atoms with Crippen LogP contribution in [0.4, 0.5) is 4.79 Å². The fraction of sp³-hybridized carbons (Fsp3) is 0.318. The Bertz CT molecular complexity index is 852. The maximum absolute atomic E-state index is 12.2. The lowest BCUT2D eigenvalue weighted by molar-refractivity contribution is -0.136. The van der Waals surface area contributed by atoms with Crippen LogP contribution in [0.15, 0.2) is 54.6 Å². The van der Waals surface area contributed by atoms with Gasteiger partial charge in [0.25, 0.3) is 0 Å². The predicted molar refractivity (Wildman–Crippen MR) is 114 cm³/mol. The summed E-state index contributed by atoms with van der Waals surface area (Å²) in [6, 6.07) is 17.8. The molecule has 0 bridgehead atoms. The molecule has 0 heterocycles. The zero-order valence-corrected chi connectivity index (χ0v) is 17.4. The molecule has 0 saturated heterocycles. The van der Waals surface area contributed by atoms with E-state index in [1.54, 1.807) is 19.2 Å². The second-order valence-corrected chi connectivity index (χ2v) is 7.56. The van der Waals surface area contributed by atoms with Gasteiger partial charge in [-0.25, -0.2) is 4.79 Å². The van der Waals surface area contributed by atoms with E-state index < -0.39 is 23.4 Å². The highest BCUT2D eigenvalue weighted by molar-refractivity contribution is 7.99. The molecule has 158 valence electrons. The van der Waals surface area contributed by atoms with Crippen LogP contribution in [0.1, 0.15) is 24.0 Å². The molecule has 2 rings (SSSR count). The molecule has 2 aromatic rings. The molecule has 2 N–H and O–H groups in total. The highest BCUT2D eigenvalue weighted by atomic mass is 32.2.